The lowest BCUT2D eigenvalue weighted by atomic mass is 10.1. The number of anilines is 1. The summed E-state index contributed by atoms with van der Waals surface area (Å²) >= 11 is 0. The molecule has 0 fully saturated rings. The fourth-order valence-corrected chi connectivity index (χ4v) is 4.97. The van der Waals surface area contributed by atoms with Crippen molar-refractivity contribution < 1.29 is 26.8 Å². The third-order valence-corrected chi connectivity index (χ3v) is 6.13. The van der Waals surface area contributed by atoms with E-state index >= 15 is 0 Å². The first-order chi connectivity index (χ1) is 13.0. The highest BCUT2D eigenvalue weighted by molar-refractivity contribution is 7.54. The Morgan fingerprint density at radius 3 is 1.96 bits per heavy atom. The van der Waals surface area contributed by atoms with Gasteiger partial charge in [0, 0.05) is 5.69 Å². The molecular formula is C20H25F3NO3P. The van der Waals surface area contributed by atoms with Crippen LogP contribution in [0.25, 0.3) is 0 Å². The van der Waals surface area contributed by atoms with Gasteiger partial charge in [-0.05, 0) is 51.5 Å². The molecule has 0 aliphatic carbocycles. The normalized spacial score (nSPS) is 13.8. The molecule has 0 aliphatic rings. The molecule has 154 valence electrons. The number of hydrogen-bond acceptors (Lipinski definition) is 4. The van der Waals surface area contributed by atoms with Crippen LogP contribution in [0.4, 0.5) is 18.9 Å². The van der Waals surface area contributed by atoms with Gasteiger partial charge in [-0.25, -0.2) is 0 Å². The molecule has 2 aromatic rings. The molecule has 0 radical (unpaired) electrons. The standard InChI is InChI=1S/C20H25F3NO3P/c1-14(2)26-28(25,27-15(3)4)19(16-9-6-5-7-10-16)24-18-12-8-11-17(13-18)20(21,22)23/h5-15,19,24H,1-4H3. The minimum Gasteiger partial charge on any atom is -0.368 e. The maximum atomic E-state index is 13.7. The number of nitrogens with one attached hydrogen (secondary N) is 1. The molecule has 0 bridgehead atoms. The second-order valence-corrected chi connectivity index (χ2v) is 8.90. The summed E-state index contributed by atoms with van der Waals surface area (Å²) in [6.07, 6.45) is -5.29. The number of hydrogen-bond donors (Lipinski definition) is 1. The lowest BCUT2D eigenvalue weighted by Crippen LogP contribution is -2.19. The summed E-state index contributed by atoms with van der Waals surface area (Å²) in [6, 6.07) is 13.5. The Kier molecular flexibility index (Phi) is 7.32. The molecule has 0 amide bonds. The zero-order valence-corrected chi connectivity index (χ0v) is 17.1. The maximum Gasteiger partial charge on any atom is 0.416 e. The van der Waals surface area contributed by atoms with E-state index in [-0.39, 0.29) is 5.69 Å². The third kappa shape index (κ3) is 6.09. The molecule has 2 rings (SSSR count). The number of rotatable bonds is 8. The molecular weight excluding hydrogens is 390 g/mol. The Morgan fingerprint density at radius 2 is 1.46 bits per heavy atom. The lowest BCUT2D eigenvalue weighted by Gasteiger charge is -2.31. The Balaban J connectivity index is 2.49. The number of halogens is 3. The fourth-order valence-electron chi connectivity index (χ4n) is 2.66. The highest BCUT2D eigenvalue weighted by Crippen LogP contribution is 2.62. The molecule has 1 N–H and O–H groups in total. The van der Waals surface area contributed by atoms with Crippen LogP contribution in [0.1, 0.15) is 44.6 Å². The van der Waals surface area contributed by atoms with Crippen LogP contribution < -0.4 is 5.32 Å². The van der Waals surface area contributed by atoms with Gasteiger partial charge in [0.2, 0.25) is 0 Å². The van der Waals surface area contributed by atoms with E-state index in [1.54, 1.807) is 58.0 Å². The lowest BCUT2D eigenvalue weighted by molar-refractivity contribution is -0.137. The van der Waals surface area contributed by atoms with Gasteiger partial charge in [-0.15, -0.1) is 0 Å². The first-order valence-electron chi connectivity index (χ1n) is 8.96. The summed E-state index contributed by atoms with van der Waals surface area (Å²) in [5, 5.41) is 2.95. The minimum absolute atomic E-state index is 0.170. The van der Waals surface area contributed by atoms with E-state index in [0.717, 1.165) is 12.1 Å². The minimum atomic E-state index is -4.48. The van der Waals surface area contributed by atoms with Gasteiger partial charge in [0.05, 0.1) is 17.8 Å². The smallest absolute Gasteiger partial charge is 0.368 e. The first-order valence-corrected chi connectivity index (χ1v) is 10.6. The van der Waals surface area contributed by atoms with E-state index < -0.39 is 37.3 Å². The van der Waals surface area contributed by atoms with E-state index in [1.165, 1.54) is 12.1 Å². The van der Waals surface area contributed by atoms with Crippen molar-refractivity contribution in [2.24, 2.45) is 0 Å². The van der Waals surface area contributed by atoms with Crippen molar-refractivity contribution in [3.8, 4) is 0 Å². The van der Waals surface area contributed by atoms with Gasteiger partial charge < -0.3 is 14.4 Å². The summed E-state index contributed by atoms with van der Waals surface area (Å²) in [7, 11) is -3.78. The molecule has 0 aliphatic heterocycles. The van der Waals surface area contributed by atoms with E-state index in [9.17, 15) is 17.7 Å². The van der Waals surface area contributed by atoms with Gasteiger partial charge in [-0.2, -0.15) is 13.2 Å². The predicted octanol–water partition coefficient (Wildman–Crippen LogP) is 6.86. The summed E-state index contributed by atoms with van der Waals surface area (Å²) in [5.74, 6) is -0.970. The average Bonchev–Trinajstić information content (AvgIpc) is 2.58. The van der Waals surface area contributed by atoms with Crippen molar-refractivity contribution in [2.75, 3.05) is 5.32 Å². The van der Waals surface area contributed by atoms with Crippen molar-refractivity contribution in [3.05, 3.63) is 65.7 Å². The van der Waals surface area contributed by atoms with Crippen LogP contribution in [0.5, 0.6) is 0 Å². The van der Waals surface area contributed by atoms with Crippen LogP contribution in [0, 0.1) is 0 Å². The molecule has 4 nitrogen and oxygen atoms in total. The van der Waals surface area contributed by atoms with Gasteiger partial charge in [0.25, 0.3) is 0 Å². The molecule has 2 aromatic carbocycles. The van der Waals surface area contributed by atoms with Gasteiger partial charge in [-0.1, -0.05) is 36.4 Å². The average molecular weight is 415 g/mol. The Bertz CT molecular complexity index is 796. The van der Waals surface area contributed by atoms with Crippen LogP contribution in [0.15, 0.2) is 54.6 Å². The third-order valence-electron chi connectivity index (χ3n) is 3.64. The van der Waals surface area contributed by atoms with Crippen LogP contribution >= 0.6 is 7.60 Å². The SMILES string of the molecule is CC(C)OP(=O)(OC(C)C)C(Nc1cccc(C(F)(F)F)c1)c1ccccc1. The van der Waals surface area contributed by atoms with Gasteiger partial charge in [-0.3, -0.25) is 4.57 Å². The molecule has 0 saturated heterocycles. The molecule has 1 unspecified atom stereocenters. The van der Waals surface area contributed by atoms with E-state index in [0.29, 0.717) is 5.56 Å². The number of benzene rings is 2. The van der Waals surface area contributed by atoms with Crippen molar-refractivity contribution in [3.63, 3.8) is 0 Å². The summed E-state index contributed by atoms with van der Waals surface area (Å²) in [6.45, 7) is 6.90. The largest absolute Gasteiger partial charge is 0.416 e. The first kappa shape index (κ1) is 22.5. The molecule has 0 spiro atoms. The topological polar surface area (TPSA) is 47.6 Å². The Labute approximate surface area is 163 Å². The second-order valence-electron chi connectivity index (χ2n) is 6.88. The van der Waals surface area contributed by atoms with Crippen LogP contribution in [-0.4, -0.2) is 12.2 Å². The van der Waals surface area contributed by atoms with Gasteiger partial charge in [0.15, 0.2) is 5.78 Å². The molecule has 0 heterocycles. The maximum absolute atomic E-state index is 13.7. The van der Waals surface area contributed by atoms with Crippen molar-refractivity contribution in [1.82, 2.24) is 0 Å². The van der Waals surface area contributed by atoms with Gasteiger partial charge in [0.1, 0.15) is 0 Å². The zero-order chi connectivity index (χ0) is 20.9. The van der Waals surface area contributed by atoms with Crippen molar-refractivity contribution in [1.29, 1.82) is 0 Å². The zero-order valence-electron chi connectivity index (χ0n) is 16.2. The van der Waals surface area contributed by atoms with Crippen molar-refractivity contribution in [2.45, 2.75) is 51.9 Å². The summed E-state index contributed by atoms with van der Waals surface area (Å²) in [5.41, 5.74) is -0.0399. The molecule has 8 heteroatoms. The quantitative estimate of drug-likeness (QED) is 0.479. The van der Waals surface area contributed by atoms with Crippen LogP contribution in [0.3, 0.4) is 0 Å². The Hall–Kier alpha value is -1.82. The predicted molar refractivity (Wildman–Crippen MR) is 104 cm³/mol. The molecule has 0 aromatic heterocycles. The van der Waals surface area contributed by atoms with Gasteiger partial charge >= 0.3 is 13.8 Å². The number of alkyl halides is 3. The summed E-state index contributed by atoms with van der Waals surface area (Å²) < 4.78 is 64.3. The fraction of sp³-hybridized carbons (Fsp3) is 0.400. The monoisotopic (exact) mass is 415 g/mol. The van der Waals surface area contributed by atoms with Crippen molar-refractivity contribution >= 4 is 13.3 Å². The van der Waals surface area contributed by atoms with Crippen LogP contribution in [-0.2, 0) is 19.8 Å². The summed E-state index contributed by atoms with van der Waals surface area (Å²) in [4.78, 5) is 0. The highest BCUT2D eigenvalue weighted by Gasteiger charge is 2.40. The molecule has 0 saturated carbocycles. The van der Waals surface area contributed by atoms with E-state index in [2.05, 4.69) is 5.32 Å². The molecule has 28 heavy (non-hydrogen) atoms. The van der Waals surface area contributed by atoms with E-state index in [4.69, 9.17) is 9.05 Å². The highest BCUT2D eigenvalue weighted by atomic mass is 31.2. The Morgan fingerprint density at radius 1 is 0.893 bits per heavy atom. The van der Waals surface area contributed by atoms with Crippen LogP contribution in [0.2, 0.25) is 0 Å². The van der Waals surface area contributed by atoms with E-state index in [1.807, 2.05) is 0 Å². The molecule has 1 atom stereocenters. The second kappa shape index (κ2) is 9.12.